The van der Waals surface area contributed by atoms with Crippen LogP contribution in [0.1, 0.15) is 41.7 Å². The van der Waals surface area contributed by atoms with Crippen LogP contribution in [0.5, 0.6) is 11.5 Å². The van der Waals surface area contributed by atoms with E-state index in [2.05, 4.69) is 15.3 Å². The SMILES string of the molecule is COc1ccc(NC(=O)c2ncoc2C(C)C)cc1OCc1ccc2ccccc2n1. The Kier molecular flexibility index (Phi) is 5.84. The Morgan fingerprint density at radius 1 is 1.10 bits per heavy atom. The number of para-hydroxylation sites is 1. The van der Waals surface area contributed by atoms with Gasteiger partial charge in [-0.1, -0.05) is 38.1 Å². The topological polar surface area (TPSA) is 86.5 Å². The maximum absolute atomic E-state index is 12.7. The number of methoxy groups -OCH3 is 1. The van der Waals surface area contributed by atoms with Gasteiger partial charge in [-0.25, -0.2) is 9.97 Å². The van der Waals surface area contributed by atoms with Gasteiger partial charge in [0.15, 0.2) is 23.6 Å². The monoisotopic (exact) mass is 417 g/mol. The normalized spacial score (nSPS) is 11.0. The quantitative estimate of drug-likeness (QED) is 0.446. The summed E-state index contributed by atoms with van der Waals surface area (Å²) < 4.78 is 16.7. The van der Waals surface area contributed by atoms with Crippen molar-refractivity contribution in [3.05, 3.63) is 78.1 Å². The van der Waals surface area contributed by atoms with E-state index < -0.39 is 0 Å². The second-order valence-corrected chi connectivity index (χ2v) is 7.32. The van der Waals surface area contributed by atoms with Crippen molar-refractivity contribution in [1.29, 1.82) is 0 Å². The lowest BCUT2D eigenvalue weighted by Gasteiger charge is -2.13. The molecule has 0 fully saturated rings. The summed E-state index contributed by atoms with van der Waals surface area (Å²) in [5, 5.41) is 3.91. The maximum Gasteiger partial charge on any atom is 0.277 e. The molecule has 0 unspecified atom stereocenters. The predicted octanol–water partition coefficient (Wildman–Crippen LogP) is 5.19. The minimum Gasteiger partial charge on any atom is -0.493 e. The molecule has 0 bridgehead atoms. The molecule has 0 aliphatic carbocycles. The Morgan fingerprint density at radius 2 is 1.94 bits per heavy atom. The number of nitrogens with one attached hydrogen (secondary N) is 1. The van der Waals surface area contributed by atoms with Crippen LogP contribution in [0.2, 0.25) is 0 Å². The highest BCUT2D eigenvalue weighted by Gasteiger charge is 2.19. The second kappa shape index (κ2) is 8.87. The molecule has 0 saturated carbocycles. The van der Waals surface area contributed by atoms with E-state index in [1.807, 2.05) is 50.2 Å². The molecule has 0 saturated heterocycles. The van der Waals surface area contributed by atoms with Crippen molar-refractivity contribution >= 4 is 22.5 Å². The Labute approximate surface area is 180 Å². The Bertz CT molecular complexity index is 1220. The Morgan fingerprint density at radius 3 is 2.74 bits per heavy atom. The van der Waals surface area contributed by atoms with Crippen LogP contribution >= 0.6 is 0 Å². The third kappa shape index (κ3) is 4.50. The van der Waals surface area contributed by atoms with Crippen molar-refractivity contribution in [3.8, 4) is 11.5 Å². The first kappa shape index (κ1) is 20.4. The highest BCUT2D eigenvalue weighted by Crippen LogP contribution is 2.31. The van der Waals surface area contributed by atoms with Crippen molar-refractivity contribution in [1.82, 2.24) is 9.97 Å². The number of carbonyl (C=O) groups excluding carboxylic acids is 1. The number of carbonyl (C=O) groups is 1. The fourth-order valence-electron chi connectivity index (χ4n) is 3.23. The number of ether oxygens (including phenoxy) is 2. The lowest BCUT2D eigenvalue weighted by atomic mass is 10.1. The van der Waals surface area contributed by atoms with E-state index in [1.165, 1.54) is 6.39 Å². The molecule has 1 N–H and O–H groups in total. The van der Waals surface area contributed by atoms with E-state index in [0.29, 0.717) is 22.9 Å². The van der Waals surface area contributed by atoms with E-state index in [-0.39, 0.29) is 24.1 Å². The van der Waals surface area contributed by atoms with Crippen LogP contribution in [-0.4, -0.2) is 23.0 Å². The van der Waals surface area contributed by atoms with Gasteiger partial charge in [0.25, 0.3) is 5.91 Å². The first-order valence-electron chi connectivity index (χ1n) is 9.95. The van der Waals surface area contributed by atoms with Gasteiger partial charge in [0.2, 0.25) is 0 Å². The zero-order chi connectivity index (χ0) is 21.8. The van der Waals surface area contributed by atoms with Gasteiger partial charge < -0.3 is 19.2 Å². The summed E-state index contributed by atoms with van der Waals surface area (Å²) in [7, 11) is 1.57. The van der Waals surface area contributed by atoms with E-state index in [1.54, 1.807) is 25.3 Å². The number of fused-ring (bicyclic) bond motifs is 1. The summed E-state index contributed by atoms with van der Waals surface area (Å²) >= 11 is 0. The van der Waals surface area contributed by atoms with E-state index >= 15 is 0 Å². The summed E-state index contributed by atoms with van der Waals surface area (Å²) in [4.78, 5) is 21.3. The van der Waals surface area contributed by atoms with Crippen molar-refractivity contribution in [2.45, 2.75) is 26.4 Å². The zero-order valence-corrected chi connectivity index (χ0v) is 17.6. The van der Waals surface area contributed by atoms with Crippen LogP contribution in [-0.2, 0) is 6.61 Å². The molecule has 1 amide bonds. The molecular formula is C24H23N3O4. The minimum absolute atomic E-state index is 0.0486. The molecule has 0 atom stereocenters. The Hall–Kier alpha value is -3.87. The number of oxazole rings is 1. The molecule has 7 nitrogen and oxygen atoms in total. The summed E-state index contributed by atoms with van der Waals surface area (Å²) in [6.07, 6.45) is 1.28. The van der Waals surface area contributed by atoms with Gasteiger partial charge >= 0.3 is 0 Å². The number of pyridine rings is 1. The fraction of sp³-hybridized carbons (Fsp3) is 0.208. The predicted molar refractivity (Wildman–Crippen MR) is 118 cm³/mol. The van der Waals surface area contributed by atoms with Gasteiger partial charge in [0, 0.05) is 23.1 Å². The van der Waals surface area contributed by atoms with Gasteiger partial charge in [-0.3, -0.25) is 4.79 Å². The molecule has 158 valence electrons. The summed E-state index contributed by atoms with van der Waals surface area (Å²) in [6, 6.07) is 17.1. The third-order valence-electron chi connectivity index (χ3n) is 4.79. The highest BCUT2D eigenvalue weighted by molar-refractivity contribution is 6.03. The van der Waals surface area contributed by atoms with Gasteiger partial charge in [0.05, 0.1) is 18.3 Å². The number of hydrogen-bond donors (Lipinski definition) is 1. The lowest BCUT2D eigenvalue weighted by molar-refractivity contribution is 0.102. The zero-order valence-electron chi connectivity index (χ0n) is 17.6. The molecule has 4 aromatic rings. The van der Waals surface area contributed by atoms with Crippen LogP contribution in [0.3, 0.4) is 0 Å². The van der Waals surface area contributed by atoms with Crippen molar-refractivity contribution in [2.75, 3.05) is 12.4 Å². The van der Waals surface area contributed by atoms with Crippen LogP contribution in [0, 0.1) is 0 Å². The van der Waals surface area contributed by atoms with Gasteiger partial charge in [-0.2, -0.15) is 0 Å². The molecule has 7 heteroatoms. The molecule has 4 rings (SSSR count). The molecular weight excluding hydrogens is 394 g/mol. The summed E-state index contributed by atoms with van der Waals surface area (Å²) in [6.45, 7) is 4.15. The average molecular weight is 417 g/mol. The molecule has 2 aromatic heterocycles. The Balaban J connectivity index is 1.51. The molecule has 0 aliphatic heterocycles. The standard InChI is InChI=1S/C24H23N3O4/c1-15(2)23-22(25-14-31-23)24(28)27-17-10-11-20(29-3)21(12-17)30-13-18-9-8-16-6-4-5-7-19(16)26-18/h4-12,14-15H,13H2,1-3H3,(H,27,28). The first-order valence-corrected chi connectivity index (χ1v) is 9.95. The number of nitrogens with zero attached hydrogens (tertiary/aromatic N) is 2. The van der Waals surface area contributed by atoms with Crippen LogP contribution in [0.25, 0.3) is 10.9 Å². The number of amides is 1. The number of aromatic nitrogens is 2. The van der Waals surface area contributed by atoms with Crippen LogP contribution in [0.15, 0.2) is 65.4 Å². The molecule has 0 aliphatic rings. The molecule has 0 radical (unpaired) electrons. The average Bonchev–Trinajstić information content (AvgIpc) is 3.28. The van der Waals surface area contributed by atoms with Crippen LogP contribution in [0.4, 0.5) is 5.69 Å². The van der Waals surface area contributed by atoms with E-state index in [9.17, 15) is 4.79 Å². The lowest BCUT2D eigenvalue weighted by Crippen LogP contribution is -2.15. The van der Waals surface area contributed by atoms with Crippen molar-refractivity contribution < 1.29 is 18.7 Å². The second-order valence-electron chi connectivity index (χ2n) is 7.32. The minimum atomic E-state index is -0.343. The van der Waals surface area contributed by atoms with Crippen LogP contribution < -0.4 is 14.8 Å². The molecule has 2 aromatic carbocycles. The molecule has 31 heavy (non-hydrogen) atoms. The summed E-state index contributed by atoms with van der Waals surface area (Å²) in [5.41, 5.74) is 2.53. The number of hydrogen-bond acceptors (Lipinski definition) is 6. The smallest absolute Gasteiger partial charge is 0.277 e. The van der Waals surface area contributed by atoms with E-state index in [4.69, 9.17) is 13.9 Å². The molecule has 0 spiro atoms. The number of anilines is 1. The number of benzene rings is 2. The van der Waals surface area contributed by atoms with Gasteiger partial charge in [-0.15, -0.1) is 0 Å². The van der Waals surface area contributed by atoms with Gasteiger partial charge in [-0.05, 0) is 24.3 Å². The maximum atomic E-state index is 12.7. The van der Waals surface area contributed by atoms with Crippen molar-refractivity contribution in [3.63, 3.8) is 0 Å². The largest absolute Gasteiger partial charge is 0.493 e. The fourth-order valence-corrected chi connectivity index (χ4v) is 3.23. The number of rotatable bonds is 7. The van der Waals surface area contributed by atoms with E-state index in [0.717, 1.165) is 16.6 Å². The third-order valence-corrected chi connectivity index (χ3v) is 4.79. The van der Waals surface area contributed by atoms with Crippen molar-refractivity contribution in [2.24, 2.45) is 0 Å². The molecule has 2 heterocycles. The van der Waals surface area contributed by atoms with Gasteiger partial charge in [0.1, 0.15) is 12.4 Å². The summed E-state index contributed by atoms with van der Waals surface area (Å²) in [5.74, 6) is 1.31. The first-order chi connectivity index (χ1) is 15.0. The highest BCUT2D eigenvalue weighted by atomic mass is 16.5.